The standard InChI is InChI=1S/C9H7.C4H4N.2C4H9.2CH3.2ClH.H2Si.Zr/c1-2-5-9-7-3-6-8(9)4-1;1-2-4-5-3-1;2*1-4(2)3;;;;;;/h1-7H;1-3,5H;2*1-3H3;2*1H3;2*1H;1H2;. The molecule has 1 aromatic carbocycles. The summed E-state index contributed by atoms with van der Waals surface area (Å²) in [5.74, 6) is 0. The molecule has 2 aromatic rings. The van der Waals surface area contributed by atoms with E-state index < -0.39 is 14.4 Å². The van der Waals surface area contributed by atoms with E-state index in [9.17, 15) is 0 Å². The van der Waals surface area contributed by atoms with Gasteiger partial charge in [-0.2, -0.15) is 0 Å². The van der Waals surface area contributed by atoms with E-state index in [-0.39, 0.29) is 31.1 Å². The number of allylic oxidation sites excluding steroid dienone is 1. The van der Waals surface area contributed by atoms with Gasteiger partial charge in [0, 0.05) is 0 Å². The summed E-state index contributed by atoms with van der Waals surface area (Å²) in [5.41, 5.74) is 2.90. The Hall–Kier alpha value is -0.0800. The van der Waals surface area contributed by atoms with Gasteiger partial charge in [0.15, 0.2) is 0 Å². The van der Waals surface area contributed by atoms with Crippen LogP contribution in [0.25, 0.3) is 6.08 Å². The van der Waals surface area contributed by atoms with Gasteiger partial charge in [-0.15, -0.1) is 24.8 Å². The number of aromatic amines is 1. The smallest absolute Gasteiger partial charge is 0.147 e. The van der Waals surface area contributed by atoms with Gasteiger partial charge in [-0.3, -0.25) is 0 Å². The van der Waals surface area contributed by atoms with Crippen LogP contribution in [0, 0.1) is 0 Å². The summed E-state index contributed by atoms with van der Waals surface area (Å²) >= 11 is -4.90. The molecule has 3 rings (SSSR count). The third-order valence-corrected chi connectivity index (χ3v) is 74.4. The molecule has 0 fully saturated rings. The quantitative estimate of drug-likeness (QED) is 0.408. The molecular formula is C23H39Cl2NSiZr. The first-order chi connectivity index (χ1) is 11.6. The van der Waals surface area contributed by atoms with Gasteiger partial charge in [0.2, 0.25) is 0 Å². The molecule has 0 radical (unpaired) electrons. The fourth-order valence-corrected chi connectivity index (χ4v) is 34.5. The van der Waals surface area contributed by atoms with Crippen LogP contribution in [0.15, 0.2) is 48.7 Å². The van der Waals surface area contributed by atoms with Crippen molar-refractivity contribution in [2.75, 3.05) is 0 Å². The predicted molar refractivity (Wildman–Crippen MR) is 133 cm³/mol. The largest absolute Gasteiger partial charge is 0.147 e. The van der Waals surface area contributed by atoms with E-state index in [2.05, 4.69) is 117 Å². The summed E-state index contributed by atoms with van der Waals surface area (Å²) in [4.78, 5) is 3.78. The molecule has 1 aliphatic rings. The molecule has 0 saturated heterocycles. The number of nitrogens with one attached hydrogen (secondary N) is 1. The van der Waals surface area contributed by atoms with E-state index in [0.29, 0.717) is 3.63 Å². The van der Waals surface area contributed by atoms with Gasteiger partial charge < -0.3 is 0 Å². The second kappa shape index (κ2) is 6.00. The van der Waals surface area contributed by atoms with Crippen molar-refractivity contribution in [3.63, 3.8) is 0 Å². The zero-order chi connectivity index (χ0) is 19.8. The van der Waals surface area contributed by atoms with Crippen molar-refractivity contribution >= 4 is 41.2 Å². The van der Waals surface area contributed by atoms with Crippen LogP contribution in [0.1, 0.15) is 56.3 Å². The Morgan fingerprint density at radius 2 is 1.39 bits per heavy atom. The van der Waals surface area contributed by atoms with Crippen molar-refractivity contribution in [2.24, 2.45) is 0 Å². The molecule has 28 heavy (non-hydrogen) atoms. The van der Waals surface area contributed by atoms with Crippen molar-refractivity contribution in [3.05, 3.63) is 59.8 Å². The molecule has 0 aliphatic heterocycles. The maximum absolute atomic E-state index is 4.90. The Morgan fingerprint density at radius 3 is 1.86 bits per heavy atom. The van der Waals surface area contributed by atoms with Gasteiger partial charge in [0.1, 0.15) is 0 Å². The Labute approximate surface area is 179 Å². The van der Waals surface area contributed by atoms with Crippen LogP contribution in [0.4, 0.5) is 0 Å². The van der Waals surface area contributed by atoms with Crippen molar-refractivity contribution in [1.29, 1.82) is 0 Å². The van der Waals surface area contributed by atoms with Gasteiger partial charge in [-0.05, 0) is 0 Å². The molecule has 0 saturated carbocycles. The summed E-state index contributed by atoms with van der Waals surface area (Å²) in [6, 6.07) is 13.6. The van der Waals surface area contributed by atoms with Crippen molar-refractivity contribution in [1.82, 2.24) is 4.98 Å². The van der Waals surface area contributed by atoms with Gasteiger partial charge in [-0.1, -0.05) is 0 Å². The number of hydrogen-bond donors (Lipinski definition) is 1. The van der Waals surface area contributed by atoms with Gasteiger partial charge >= 0.3 is 156 Å². The minimum Gasteiger partial charge on any atom is -0.147 e. The van der Waals surface area contributed by atoms with Crippen LogP contribution >= 0.6 is 24.8 Å². The first-order valence-corrected chi connectivity index (χ1v) is 25.9. The van der Waals surface area contributed by atoms with Crippen LogP contribution in [0.2, 0.25) is 15.5 Å². The Kier molecular flexibility index (Phi) is 5.56. The minimum absolute atomic E-state index is 0. The van der Waals surface area contributed by atoms with Gasteiger partial charge in [0.05, 0.1) is 0 Å². The fourth-order valence-electron chi connectivity index (χ4n) is 6.34. The maximum Gasteiger partial charge on any atom is -0.147 e. The van der Waals surface area contributed by atoms with Crippen molar-refractivity contribution in [2.45, 2.75) is 60.7 Å². The molecule has 0 spiro atoms. The molecular weight excluding hydrogens is 480 g/mol. The van der Waals surface area contributed by atoms with Crippen molar-refractivity contribution in [3.8, 4) is 0 Å². The zero-order valence-corrected chi connectivity index (χ0v) is 24.3. The molecule has 0 amide bonds. The molecule has 1 aromatic heterocycles. The normalized spacial score (nSPS) is 20.6. The number of aromatic nitrogens is 1. The molecule has 1 heterocycles. The summed E-state index contributed by atoms with van der Waals surface area (Å²) in [6.45, 7) is 17.4. The van der Waals surface area contributed by atoms with Crippen LogP contribution < -0.4 is 3.40 Å². The van der Waals surface area contributed by atoms with Crippen molar-refractivity contribution < 1.29 is 14.4 Å². The average molecular weight is 520 g/mol. The number of H-pyrrole nitrogens is 1. The Bertz CT molecular complexity index is 1020. The van der Waals surface area contributed by atoms with Crippen LogP contribution in [0.3, 0.4) is 0 Å². The second-order valence-corrected chi connectivity index (χ2v) is 63.9. The number of rotatable bonds is 2. The molecule has 1 nitrogen and oxygen atoms in total. The SMILES string of the molecule is C[C](C)(C)[Zr]([CH3])([CH3])(=[SiH2])([c]1ccc[nH]1)([CH]1C=Cc2ccccc21)[C](C)(C)C.Cl.Cl. The van der Waals surface area contributed by atoms with Crippen LogP contribution in [-0.4, -0.2) is 11.9 Å². The fraction of sp³-hybridized carbons (Fsp3) is 0.478. The van der Waals surface area contributed by atoms with Gasteiger partial charge in [0.25, 0.3) is 0 Å². The molecule has 1 unspecified atom stereocenters. The first kappa shape index (κ1) is 26.0. The topological polar surface area (TPSA) is 15.8 Å². The van der Waals surface area contributed by atoms with E-state index in [1.54, 1.807) is 0 Å². The molecule has 158 valence electrons. The summed E-state index contributed by atoms with van der Waals surface area (Å²) in [5, 5.41) is 0. The summed E-state index contributed by atoms with van der Waals surface area (Å²) in [6.07, 6.45) is 7.04. The molecule has 5 heteroatoms. The molecule has 1 atom stereocenters. The monoisotopic (exact) mass is 517 g/mol. The maximum atomic E-state index is 3.78. The summed E-state index contributed by atoms with van der Waals surface area (Å²) in [7, 11) is 0. The second-order valence-electron chi connectivity index (χ2n) is 12.9. The first-order valence-electron chi connectivity index (χ1n) is 9.96. The number of hydrogen-bond acceptors (Lipinski definition) is 0. The number of halogens is 2. The summed E-state index contributed by atoms with van der Waals surface area (Å²) < 4.78 is 7.61. The predicted octanol–water partition coefficient (Wildman–Crippen LogP) is 7.09. The Balaban J connectivity index is 0.00000196. The minimum atomic E-state index is -4.90. The zero-order valence-electron chi connectivity index (χ0n) is 18.8. The molecule has 1 aliphatic carbocycles. The third-order valence-electron chi connectivity index (χ3n) is 11.3. The van der Waals surface area contributed by atoms with Crippen LogP contribution in [-0.2, 0) is 14.4 Å². The van der Waals surface area contributed by atoms with Crippen LogP contribution in [0.5, 0.6) is 0 Å². The van der Waals surface area contributed by atoms with E-state index >= 15 is 0 Å². The number of benzene rings is 1. The van der Waals surface area contributed by atoms with E-state index in [0.717, 1.165) is 0 Å². The Morgan fingerprint density at radius 1 is 0.857 bits per heavy atom. The third kappa shape index (κ3) is 2.13. The average Bonchev–Trinajstić information content (AvgIpc) is 3.16. The molecule has 0 bridgehead atoms. The van der Waals surface area contributed by atoms with E-state index in [1.807, 2.05) is 0 Å². The number of fused-ring (bicyclic) bond motifs is 1. The van der Waals surface area contributed by atoms with Gasteiger partial charge in [-0.25, -0.2) is 0 Å². The molecule has 1 N–H and O–H groups in total. The van der Waals surface area contributed by atoms with E-state index in [4.69, 9.17) is 0 Å². The van der Waals surface area contributed by atoms with E-state index in [1.165, 1.54) is 14.5 Å².